The Balaban J connectivity index is 1.49. The number of carboxylic acid groups (broad SMARTS) is 1. The first-order valence-corrected chi connectivity index (χ1v) is 13.7. The van der Waals surface area contributed by atoms with Crippen LogP contribution in [-0.2, 0) is 23.5 Å². The fourth-order valence-electron chi connectivity index (χ4n) is 3.89. The van der Waals surface area contributed by atoms with Crippen molar-refractivity contribution < 1.29 is 19.6 Å². The topological polar surface area (TPSA) is 120 Å². The highest BCUT2D eigenvalue weighted by Crippen LogP contribution is 2.29. The van der Waals surface area contributed by atoms with Gasteiger partial charge in [-0.05, 0) is 35.7 Å². The number of halogens is 1. The Kier molecular flexibility index (Phi) is 9.56. The molecule has 4 aromatic rings. The monoisotopic (exact) mass is 566 g/mol. The van der Waals surface area contributed by atoms with Crippen molar-refractivity contribution in [2.45, 2.75) is 49.7 Å². The van der Waals surface area contributed by atoms with Gasteiger partial charge in [0.05, 0.1) is 11.5 Å². The number of nitro groups is 1. The lowest BCUT2D eigenvalue weighted by Crippen LogP contribution is -2.18. The van der Waals surface area contributed by atoms with Crippen LogP contribution in [0.1, 0.15) is 48.4 Å². The van der Waals surface area contributed by atoms with Gasteiger partial charge in [0, 0.05) is 34.9 Å². The van der Waals surface area contributed by atoms with E-state index in [-0.39, 0.29) is 5.69 Å². The van der Waals surface area contributed by atoms with E-state index in [0.717, 1.165) is 41.4 Å². The number of benzene rings is 3. The summed E-state index contributed by atoms with van der Waals surface area (Å²) in [5.41, 5.74) is 2.36. The minimum atomic E-state index is -1.23. The van der Waals surface area contributed by atoms with E-state index < -0.39 is 17.0 Å². The third-order valence-electron chi connectivity index (χ3n) is 5.99. The van der Waals surface area contributed by atoms with Crippen LogP contribution in [0.15, 0.2) is 78.0 Å². The number of non-ortho nitro benzene ring substituents is 1. The maximum absolute atomic E-state index is 11.9. The van der Waals surface area contributed by atoms with Gasteiger partial charge in [-0.1, -0.05) is 79.2 Å². The zero-order valence-corrected chi connectivity index (χ0v) is 22.8. The average Bonchev–Trinajstić information content (AvgIpc) is 3.31. The fourth-order valence-corrected chi connectivity index (χ4v) is 5.04. The molecular formula is C28H27ClN4O5S. The van der Waals surface area contributed by atoms with Crippen molar-refractivity contribution in [1.82, 2.24) is 14.8 Å². The molecule has 0 radical (unpaired) electrons. The molecule has 1 aromatic heterocycles. The van der Waals surface area contributed by atoms with Gasteiger partial charge in [0.15, 0.2) is 5.16 Å². The Labute approximate surface area is 234 Å². The summed E-state index contributed by atoms with van der Waals surface area (Å²) in [6.07, 6.45) is 1.57. The lowest BCUT2D eigenvalue weighted by atomic mass is 10.1. The van der Waals surface area contributed by atoms with Crippen molar-refractivity contribution in [3.8, 4) is 5.75 Å². The van der Waals surface area contributed by atoms with E-state index in [0.29, 0.717) is 28.6 Å². The third-order valence-corrected chi connectivity index (χ3v) is 7.37. The van der Waals surface area contributed by atoms with Gasteiger partial charge in [0.25, 0.3) is 5.69 Å². The van der Waals surface area contributed by atoms with Crippen LogP contribution in [0.2, 0.25) is 5.02 Å². The number of carbonyl (C=O) groups is 1. The van der Waals surface area contributed by atoms with Gasteiger partial charge in [-0.2, -0.15) is 0 Å². The first kappa shape index (κ1) is 28.1. The Morgan fingerprint density at radius 1 is 1.08 bits per heavy atom. The van der Waals surface area contributed by atoms with Gasteiger partial charge in [-0.3, -0.25) is 10.1 Å². The van der Waals surface area contributed by atoms with E-state index in [1.54, 1.807) is 48.5 Å². The highest BCUT2D eigenvalue weighted by molar-refractivity contribution is 7.98. The maximum Gasteiger partial charge on any atom is 0.349 e. The molecule has 0 spiro atoms. The second-order valence-electron chi connectivity index (χ2n) is 8.80. The number of hydrogen-bond acceptors (Lipinski definition) is 7. The molecule has 0 saturated heterocycles. The van der Waals surface area contributed by atoms with Gasteiger partial charge in [0.1, 0.15) is 11.6 Å². The normalized spacial score (nSPS) is 11.7. The molecule has 0 aliphatic carbocycles. The number of nitro benzene ring substituents is 1. The van der Waals surface area contributed by atoms with Gasteiger partial charge in [-0.15, -0.1) is 10.2 Å². The van der Waals surface area contributed by atoms with Crippen molar-refractivity contribution in [1.29, 1.82) is 0 Å². The minimum absolute atomic E-state index is 0.0581. The van der Waals surface area contributed by atoms with E-state index in [1.807, 2.05) is 12.1 Å². The lowest BCUT2D eigenvalue weighted by molar-refractivity contribution is -0.384. The molecule has 3 aromatic carbocycles. The number of hydrogen-bond donors (Lipinski definition) is 1. The SMILES string of the molecule is CCCCc1nnc(SCc2ccc([N+](=O)[O-])cc2)n1Cc1ccc(OC(C(=O)O)c2ccccc2Cl)cc1. The zero-order valence-electron chi connectivity index (χ0n) is 21.2. The summed E-state index contributed by atoms with van der Waals surface area (Å²) in [5, 5.41) is 30.5. The molecule has 202 valence electrons. The Morgan fingerprint density at radius 2 is 1.77 bits per heavy atom. The molecule has 0 fully saturated rings. The van der Waals surface area contributed by atoms with Crippen LogP contribution in [0, 0.1) is 10.1 Å². The quantitative estimate of drug-likeness (QED) is 0.107. The van der Waals surface area contributed by atoms with Crippen LogP contribution in [0.4, 0.5) is 5.69 Å². The first-order chi connectivity index (χ1) is 18.9. The summed E-state index contributed by atoms with van der Waals surface area (Å²) in [6, 6.07) is 20.4. The van der Waals surface area contributed by atoms with Crippen molar-refractivity contribution >= 4 is 35.0 Å². The Morgan fingerprint density at radius 3 is 2.41 bits per heavy atom. The van der Waals surface area contributed by atoms with Crippen LogP contribution < -0.4 is 4.74 Å². The van der Waals surface area contributed by atoms with Gasteiger partial charge in [0.2, 0.25) is 6.10 Å². The number of unbranched alkanes of at least 4 members (excludes halogenated alkanes) is 1. The molecule has 4 rings (SSSR count). The molecule has 1 N–H and O–H groups in total. The molecule has 0 aliphatic rings. The number of ether oxygens (including phenoxy) is 1. The summed E-state index contributed by atoms with van der Waals surface area (Å²) in [4.78, 5) is 22.4. The molecule has 1 heterocycles. The van der Waals surface area contributed by atoms with E-state index in [1.165, 1.54) is 23.9 Å². The van der Waals surface area contributed by atoms with Crippen LogP contribution in [-0.4, -0.2) is 30.8 Å². The Bertz CT molecular complexity index is 1430. The van der Waals surface area contributed by atoms with Crippen LogP contribution in [0.3, 0.4) is 0 Å². The highest BCUT2D eigenvalue weighted by Gasteiger charge is 2.24. The zero-order chi connectivity index (χ0) is 27.8. The largest absolute Gasteiger partial charge is 0.478 e. The molecule has 0 amide bonds. The molecule has 11 heteroatoms. The van der Waals surface area contributed by atoms with E-state index in [2.05, 4.69) is 21.7 Å². The predicted molar refractivity (Wildman–Crippen MR) is 149 cm³/mol. The molecule has 0 saturated carbocycles. The smallest absolute Gasteiger partial charge is 0.349 e. The third kappa shape index (κ3) is 7.36. The van der Waals surface area contributed by atoms with Gasteiger partial charge in [-0.25, -0.2) is 4.79 Å². The second-order valence-corrected chi connectivity index (χ2v) is 10.2. The number of aromatic nitrogens is 3. The predicted octanol–water partition coefficient (Wildman–Crippen LogP) is 6.73. The number of thioether (sulfide) groups is 1. The standard InChI is InChI=1S/C28H27ClN4O5S/c1-2-3-8-25-30-31-28(39-18-20-9-13-21(14-10-20)33(36)37)32(25)17-19-11-15-22(16-12-19)38-26(27(34)35)23-6-4-5-7-24(23)29/h4-7,9-16,26H,2-3,8,17-18H2,1H3,(H,34,35). The molecule has 9 nitrogen and oxygen atoms in total. The number of nitrogens with zero attached hydrogens (tertiary/aromatic N) is 4. The lowest BCUT2D eigenvalue weighted by Gasteiger charge is -2.17. The van der Waals surface area contributed by atoms with Crippen molar-refractivity contribution in [3.05, 3.63) is 110 Å². The summed E-state index contributed by atoms with van der Waals surface area (Å²) in [5.74, 6) is 0.753. The Hall–Kier alpha value is -3.89. The number of carboxylic acids is 1. The molecular weight excluding hydrogens is 540 g/mol. The van der Waals surface area contributed by atoms with Crippen molar-refractivity contribution in [3.63, 3.8) is 0 Å². The highest BCUT2D eigenvalue weighted by atomic mass is 35.5. The first-order valence-electron chi connectivity index (χ1n) is 12.4. The fraction of sp³-hybridized carbons (Fsp3) is 0.250. The van der Waals surface area contributed by atoms with Crippen molar-refractivity contribution in [2.24, 2.45) is 0 Å². The number of aryl methyl sites for hydroxylation is 1. The summed E-state index contributed by atoms with van der Waals surface area (Å²) < 4.78 is 7.86. The van der Waals surface area contributed by atoms with Gasteiger partial charge >= 0.3 is 5.97 Å². The minimum Gasteiger partial charge on any atom is -0.478 e. The summed E-state index contributed by atoms with van der Waals surface area (Å²) >= 11 is 7.72. The molecule has 1 unspecified atom stereocenters. The summed E-state index contributed by atoms with van der Waals surface area (Å²) in [7, 11) is 0. The molecule has 39 heavy (non-hydrogen) atoms. The second kappa shape index (κ2) is 13.3. The van der Waals surface area contributed by atoms with Crippen molar-refractivity contribution in [2.75, 3.05) is 0 Å². The van der Waals surface area contributed by atoms with E-state index in [9.17, 15) is 20.0 Å². The summed E-state index contributed by atoms with van der Waals surface area (Å²) in [6.45, 7) is 2.65. The number of aliphatic carboxylic acids is 1. The number of rotatable bonds is 13. The van der Waals surface area contributed by atoms with Crippen LogP contribution in [0.5, 0.6) is 5.75 Å². The average molecular weight is 567 g/mol. The maximum atomic E-state index is 11.9. The van der Waals surface area contributed by atoms with Gasteiger partial charge < -0.3 is 14.4 Å². The molecule has 1 atom stereocenters. The van der Waals surface area contributed by atoms with E-state index in [4.69, 9.17) is 16.3 Å². The van der Waals surface area contributed by atoms with E-state index >= 15 is 0 Å². The molecule has 0 aliphatic heterocycles. The van der Waals surface area contributed by atoms with Crippen LogP contribution >= 0.6 is 23.4 Å². The molecule has 0 bridgehead atoms. The van der Waals surface area contributed by atoms with Crippen LogP contribution in [0.25, 0.3) is 0 Å².